The number of aromatic carboxylic acids is 1. The van der Waals surface area contributed by atoms with Gasteiger partial charge in [0.15, 0.2) is 0 Å². The van der Waals surface area contributed by atoms with Crippen LogP contribution in [-0.2, 0) is 6.54 Å². The Morgan fingerprint density at radius 2 is 1.94 bits per heavy atom. The molecule has 0 amide bonds. The number of carboxylic acids is 1. The first-order valence-electron chi connectivity index (χ1n) is 5.56. The van der Waals surface area contributed by atoms with Crippen molar-refractivity contribution in [3.05, 3.63) is 69.6 Å². The van der Waals surface area contributed by atoms with Gasteiger partial charge in [0, 0.05) is 6.07 Å². The second-order valence-corrected chi connectivity index (χ2v) is 4.13. The highest BCUT2D eigenvalue weighted by Gasteiger charge is 2.10. The summed E-state index contributed by atoms with van der Waals surface area (Å²) in [6, 6.07) is 11.9. The molecule has 0 fully saturated rings. The van der Waals surface area contributed by atoms with Crippen molar-refractivity contribution >= 4 is 5.97 Å². The first-order valence-corrected chi connectivity index (χ1v) is 5.56. The van der Waals surface area contributed by atoms with Crippen LogP contribution in [0.25, 0.3) is 0 Å². The van der Waals surface area contributed by atoms with Crippen molar-refractivity contribution in [2.24, 2.45) is 0 Å². The van der Waals surface area contributed by atoms with Crippen LogP contribution in [0.15, 0.2) is 47.3 Å². The quantitative estimate of drug-likeness (QED) is 0.895. The molecule has 0 atom stereocenters. The standard InChI is InChI=1S/C14H13NO3/c1-10-4-2-5-11(8-10)9-15-12(14(17)18)6-3-7-13(15)16/h2-8H,9H2,1H3,(H,17,18). The molecule has 0 radical (unpaired) electrons. The van der Waals surface area contributed by atoms with Gasteiger partial charge in [-0.2, -0.15) is 0 Å². The number of benzene rings is 1. The lowest BCUT2D eigenvalue weighted by Gasteiger charge is -2.09. The average Bonchev–Trinajstić information content (AvgIpc) is 2.31. The Morgan fingerprint density at radius 3 is 2.61 bits per heavy atom. The summed E-state index contributed by atoms with van der Waals surface area (Å²) >= 11 is 0. The van der Waals surface area contributed by atoms with Crippen molar-refractivity contribution in [3.8, 4) is 0 Å². The summed E-state index contributed by atoms with van der Waals surface area (Å²) in [5.74, 6) is -1.10. The molecule has 0 bridgehead atoms. The summed E-state index contributed by atoms with van der Waals surface area (Å²) in [5, 5.41) is 9.06. The van der Waals surface area contributed by atoms with E-state index in [1.54, 1.807) is 0 Å². The van der Waals surface area contributed by atoms with Crippen LogP contribution in [0.1, 0.15) is 21.6 Å². The van der Waals surface area contributed by atoms with Gasteiger partial charge in [0.25, 0.3) is 5.56 Å². The number of carbonyl (C=O) groups is 1. The molecule has 4 heteroatoms. The van der Waals surface area contributed by atoms with E-state index in [1.165, 1.54) is 22.8 Å². The molecular formula is C14H13NO3. The minimum Gasteiger partial charge on any atom is -0.477 e. The van der Waals surface area contributed by atoms with E-state index in [2.05, 4.69) is 0 Å². The second kappa shape index (κ2) is 4.87. The van der Waals surface area contributed by atoms with Crippen LogP contribution in [0, 0.1) is 6.92 Å². The van der Waals surface area contributed by atoms with Crippen molar-refractivity contribution in [2.75, 3.05) is 0 Å². The monoisotopic (exact) mass is 243 g/mol. The van der Waals surface area contributed by atoms with Crippen molar-refractivity contribution < 1.29 is 9.90 Å². The summed E-state index contributed by atoms with van der Waals surface area (Å²) in [4.78, 5) is 22.8. The smallest absolute Gasteiger partial charge is 0.352 e. The predicted octanol–water partition coefficient (Wildman–Crippen LogP) is 1.90. The molecule has 1 aromatic heterocycles. The van der Waals surface area contributed by atoms with Crippen LogP contribution < -0.4 is 5.56 Å². The van der Waals surface area contributed by atoms with E-state index in [0.717, 1.165) is 11.1 Å². The van der Waals surface area contributed by atoms with E-state index >= 15 is 0 Å². The molecule has 0 saturated heterocycles. The number of carboxylic acid groups (broad SMARTS) is 1. The Kier molecular flexibility index (Phi) is 3.28. The van der Waals surface area contributed by atoms with Gasteiger partial charge in [-0.3, -0.25) is 9.36 Å². The topological polar surface area (TPSA) is 59.3 Å². The zero-order chi connectivity index (χ0) is 13.1. The predicted molar refractivity (Wildman–Crippen MR) is 67.9 cm³/mol. The Hall–Kier alpha value is -2.36. The molecule has 2 aromatic rings. The summed E-state index contributed by atoms with van der Waals surface area (Å²) in [6.45, 7) is 2.22. The molecule has 1 aromatic carbocycles. The van der Waals surface area contributed by atoms with E-state index in [4.69, 9.17) is 5.11 Å². The lowest BCUT2D eigenvalue weighted by atomic mass is 10.1. The maximum Gasteiger partial charge on any atom is 0.352 e. The van der Waals surface area contributed by atoms with Gasteiger partial charge < -0.3 is 5.11 Å². The molecule has 0 aliphatic carbocycles. The van der Waals surface area contributed by atoms with E-state index in [9.17, 15) is 9.59 Å². The Labute approximate surface area is 104 Å². The van der Waals surface area contributed by atoms with Crippen molar-refractivity contribution in [2.45, 2.75) is 13.5 Å². The normalized spacial score (nSPS) is 10.3. The fraction of sp³-hybridized carbons (Fsp3) is 0.143. The lowest BCUT2D eigenvalue weighted by molar-refractivity contribution is 0.0684. The fourth-order valence-corrected chi connectivity index (χ4v) is 1.86. The molecule has 18 heavy (non-hydrogen) atoms. The molecule has 1 heterocycles. The number of nitrogens with zero attached hydrogens (tertiary/aromatic N) is 1. The van der Waals surface area contributed by atoms with E-state index < -0.39 is 5.97 Å². The second-order valence-electron chi connectivity index (χ2n) is 4.13. The van der Waals surface area contributed by atoms with Crippen LogP contribution in [0.4, 0.5) is 0 Å². The Morgan fingerprint density at radius 1 is 1.22 bits per heavy atom. The number of hydrogen-bond acceptors (Lipinski definition) is 2. The van der Waals surface area contributed by atoms with Crippen LogP contribution in [0.3, 0.4) is 0 Å². The van der Waals surface area contributed by atoms with Crippen molar-refractivity contribution in [1.82, 2.24) is 4.57 Å². The number of aryl methyl sites for hydroxylation is 1. The molecule has 4 nitrogen and oxygen atoms in total. The van der Waals surface area contributed by atoms with Gasteiger partial charge in [0.1, 0.15) is 5.69 Å². The molecule has 2 rings (SSSR count). The van der Waals surface area contributed by atoms with Gasteiger partial charge in [0.05, 0.1) is 6.54 Å². The fourth-order valence-electron chi connectivity index (χ4n) is 1.86. The number of rotatable bonds is 3. The summed E-state index contributed by atoms with van der Waals surface area (Å²) < 4.78 is 1.26. The van der Waals surface area contributed by atoms with E-state index in [-0.39, 0.29) is 17.8 Å². The Balaban J connectivity index is 2.46. The highest BCUT2D eigenvalue weighted by atomic mass is 16.4. The van der Waals surface area contributed by atoms with Crippen LogP contribution in [-0.4, -0.2) is 15.6 Å². The summed E-state index contributed by atoms with van der Waals surface area (Å²) in [6.07, 6.45) is 0. The number of hydrogen-bond donors (Lipinski definition) is 1. The first kappa shape index (κ1) is 12.1. The van der Waals surface area contributed by atoms with Gasteiger partial charge in [-0.1, -0.05) is 35.9 Å². The molecular weight excluding hydrogens is 230 g/mol. The molecule has 0 aliphatic heterocycles. The molecule has 1 N–H and O–H groups in total. The van der Waals surface area contributed by atoms with Crippen LogP contribution >= 0.6 is 0 Å². The zero-order valence-electron chi connectivity index (χ0n) is 9.96. The largest absolute Gasteiger partial charge is 0.477 e. The molecule has 0 saturated carbocycles. The average molecular weight is 243 g/mol. The maximum absolute atomic E-state index is 11.7. The summed E-state index contributed by atoms with van der Waals surface area (Å²) in [7, 11) is 0. The third-order valence-corrected chi connectivity index (χ3v) is 2.69. The van der Waals surface area contributed by atoms with E-state index in [0.29, 0.717) is 0 Å². The SMILES string of the molecule is Cc1cccc(Cn2c(C(=O)O)cccc2=O)c1. The third kappa shape index (κ3) is 2.48. The number of pyridine rings is 1. The lowest BCUT2D eigenvalue weighted by Crippen LogP contribution is -2.25. The minimum absolute atomic E-state index is 0.00371. The maximum atomic E-state index is 11.7. The molecule has 0 spiro atoms. The molecule has 0 aliphatic rings. The third-order valence-electron chi connectivity index (χ3n) is 2.69. The van der Waals surface area contributed by atoms with Gasteiger partial charge >= 0.3 is 5.97 Å². The first-order chi connectivity index (χ1) is 8.58. The van der Waals surface area contributed by atoms with Crippen LogP contribution in [0.2, 0.25) is 0 Å². The van der Waals surface area contributed by atoms with E-state index in [1.807, 2.05) is 31.2 Å². The highest BCUT2D eigenvalue weighted by Crippen LogP contribution is 2.07. The van der Waals surface area contributed by atoms with Gasteiger partial charge in [-0.25, -0.2) is 4.79 Å². The summed E-state index contributed by atoms with van der Waals surface area (Å²) in [5.41, 5.74) is 1.68. The number of aromatic nitrogens is 1. The van der Waals surface area contributed by atoms with Crippen molar-refractivity contribution in [3.63, 3.8) is 0 Å². The Bertz CT molecular complexity index is 643. The zero-order valence-corrected chi connectivity index (χ0v) is 9.96. The van der Waals surface area contributed by atoms with Gasteiger partial charge in [-0.05, 0) is 18.6 Å². The van der Waals surface area contributed by atoms with Gasteiger partial charge in [-0.15, -0.1) is 0 Å². The van der Waals surface area contributed by atoms with Crippen molar-refractivity contribution in [1.29, 1.82) is 0 Å². The molecule has 0 unspecified atom stereocenters. The minimum atomic E-state index is -1.10. The highest BCUT2D eigenvalue weighted by molar-refractivity contribution is 5.85. The van der Waals surface area contributed by atoms with Crippen LogP contribution in [0.5, 0.6) is 0 Å². The van der Waals surface area contributed by atoms with Gasteiger partial charge in [0.2, 0.25) is 0 Å². The molecule has 92 valence electrons.